The molecule has 0 N–H and O–H groups in total. The number of allylic oxidation sites excluding steroid dienone is 1. The molecule has 0 amide bonds. The number of Topliss-reactive ketones (excluding diaryl/α,β-unsaturated/α-hetero) is 2. The highest BCUT2D eigenvalue weighted by Gasteiger charge is 2.13. The fourth-order valence-corrected chi connectivity index (χ4v) is 1.22. The average molecular weight is 188 g/mol. The highest BCUT2D eigenvalue weighted by Crippen LogP contribution is 2.13. The third kappa shape index (κ3) is 1.96. The zero-order valence-corrected chi connectivity index (χ0v) is 8.33. The molecule has 0 bridgehead atoms. The van der Waals surface area contributed by atoms with Gasteiger partial charge in [-0.1, -0.05) is 30.8 Å². The number of carbonyl (C=O) groups is 2. The van der Waals surface area contributed by atoms with Gasteiger partial charge in [0.25, 0.3) is 0 Å². The molecule has 1 aromatic carbocycles. The predicted octanol–water partition coefficient (Wildman–Crippen LogP) is 2.65. The van der Waals surface area contributed by atoms with E-state index in [0.29, 0.717) is 16.7 Å². The van der Waals surface area contributed by atoms with Crippen LogP contribution in [0.1, 0.15) is 34.6 Å². The lowest BCUT2D eigenvalue weighted by atomic mass is 9.98. The van der Waals surface area contributed by atoms with E-state index < -0.39 is 0 Å². The van der Waals surface area contributed by atoms with Gasteiger partial charge >= 0.3 is 0 Å². The summed E-state index contributed by atoms with van der Waals surface area (Å²) in [5.74, 6) is -0.272. The van der Waals surface area contributed by atoms with Crippen LogP contribution in [0.25, 0.3) is 0 Å². The van der Waals surface area contributed by atoms with Gasteiger partial charge in [0.1, 0.15) is 0 Å². The van der Waals surface area contributed by atoms with Gasteiger partial charge in [-0.2, -0.15) is 0 Å². The fraction of sp³-hybridized carbons (Fsp3) is 0.167. The van der Waals surface area contributed by atoms with Crippen LogP contribution in [0.15, 0.2) is 36.4 Å². The minimum absolute atomic E-state index is 0.102. The Kier molecular flexibility index (Phi) is 2.97. The molecule has 0 aromatic heterocycles. The second-order valence-electron chi connectivity index (χ2n) is 3.21. The van der Waals surface area contributed by atoms with E-state index in [-0.39, 0.29) is 11.6 Å². The van der Waals surface area contributed by atoms with Crippen molar-refractivity contribution in [1.29, 1.82) is 0 Å². The normalized spacial score (nSPS) is 9.57. The molecule has 0 aliphatic rings. The minimum Gasteiger partial charge on any atom is -0.294 e. The van der Waals surface area contributed by atoms with Gasteiger partial charge in [-0.3, -0.25) is 9.59 Å². The van der Waals surface area contributed by atoms with Gasteiger partial charge in [-0.25, -0.2) is 0 Å². The molecule has 0 heterocycles. The second-order valence-corrected chi connectivity index (χ2v) is 3.21. The first-order valence-electron chi connectivity index (χ1n) is 4.34. The second kappa shape index (κ2) is 4.01. The summed E-state index contributed by atoms with van der Waals surface area (Å²) in [5.41, 5.74) is 1.34. The van der Waals surface area contributed by atoms with Crippen LogP contribution in [0.2, 0.25) is 0 Å². The maximum Gasteiger partial charge on any atom is 0.188 e. The van der Waals surface area contributed by atoms with Crippen LogP contribution in [0.5, 0.6) is 0 Å². The van der Waals surface area contributed by atoms with Crippen molar-refractivity contribution in [2.75, 3.05) is 0 Å². The molecule has 0 atom stereocenters. The van der Waals surface area contributed by atoms with Crippen molar-refractivity contribution < 1.29 is 9.59 Å². The molecule has 72 valence electrons. The molecule has 0 fully saturated rings. The molecule has 2 heteroatoms. The first kappa shape index (κ1) is 10.4. The lowest BCUT2D eigenvalue weighted by molar-refractivity contribution is 0.0989. The Hall–Kier alpha value is -1.70. The van der Waals surface area contributed by atoms with Crippen LogP contribution in [0, 0.1) is 0 Å². The molecule has 14 heavy (non-hydrogen) atoms. The fourth-order valence-electron chi connectivity index (χ4n) is 1.22. The average Bonchev–Trinajstić information content (AvgIpc) is 2.16. The number of ketones is 2. The minimum atomic E-state index is -0.171. The number of hydrogen-bond donors (Lipinski definition) is 0. The molecule has 0 unspecified atom stereocenters. The Bertz CT molecular complexity index is 403. The van der Waals surface area contributed by atoms with E-state index in [1.54, 1.807) is 31.2 Å². The molecule has 2 nitrogen and oxygen atoms in total. The van der Waals surface area contributed by atoms with E-state index in [1.165, 1.54) is 6.92 Å². The van der Waals surface area contributed by atoms with Crippen LogP contribution in [0.4, 0.5) is 0 Å². The van der Waals surface area contributed by atoms with E-state index in [1.807, 2.05) is 0 Å². The number of rotatable bonds is 3. The van der Waals surface area contributed by atoms with Crippen LogP contribution in [-0.4, -0.2) is 11.6 Å². The van der Waals surface area contributed by atoms with E-state index in [4.69, 9.17) is 0 Å². The summed E-state index contributed by atoms with van der Waals surface area (Å²) in [4.78, 5) is 22.8. The molecule has 0 saturated heterocycles. The van der Waals surface area contributed by atoms with E-state index in [0.717, 1.165) is 0 Å². The zero-order valence-electron chi connectivity index (χ0n) is 8.33. The number of benzene rings is 1. The summed E-state index contributed by atoms with van der Waals surface area (Å²) < 4.78 is 0. The molecule has 1 aromatic rings. The van der Waals surface area contributed by atoms with E-state index in [2.05, 4.69) is 6.58 Å². The molecular formula is C12H12O2. The van der Waals surface area contributed by atoms with Gasteiger partial charge in [0, 0.05) is 11.1 Å². The maximum absolute atomic E-state index is 11.6. The standard InChI is InChI=1S/C12H12O2/c1-8(2)12(14)11-7-5-4-6-10(11)9(3)13/h4-7H,1H2,2-3H3. The Labute approximate surface area is 83.3 Å². The zero-order chi connectivity index (χ0) is 10.7. The van der Waals surface area contributed by atoms with Crippen molar-refractivity contribution in [3.05, 3.63) is 47.5 Å². The van der Waals surface area contributed by atoms with Crippen molar-refractivity contribution in [3.8, 4) is 0 Å². The van der Waals surface area contributed by atoms with E-state index >= 15 is 0 Å². The number of carbonyl (C=O) groups excluding carboxylic acids is 2. The van der Waals surface area contributed by atoms with Crippen molar-refractivity contribution in [1.82, 2.24) is 0 Å². The molecular weight excluding hydrogens is 176 g/mol. The molecule has 1 rings (SSSR count). The Morgan fingerprint density at radius 2 is 1.57 bits per heavy atom. The summed E-state index contributed by atoms with van der Waals surface area (Å²) >= 11 is 0. The third-order valence-corrected chi connectivity index (χ3v) is 1.94. The summed E-state index contributed by atoms with van der Waals surface area (Å²) in [6, 6.07) is 6.78. The molecule has 0 spiro atoms. The largest absolute Gasteiger partial charge is 0.294 e. The quantitative estimate of drug-likeness (QED) is 0.539. The lowest BCUT2D eigenvalue weighted by Crippen LogP contribution is -2.07. The van der Waals surface area contributed by atoms with Crippen molar-refractivity contribution >= 4 is 11.6 Å². The van der Waals surface area contributed by atoms with Crippen molar-refractivity contribution in [2.45, 2.75) is 13.8 Å². The van der Waals surface area contributed by atoms with Gasteiger partial charge in [0.2, 0.25) is 0 Å². The van der Waals surface area contributed by atoms with E-state index in [9.17, 15) is 9.59 Å². The molecule has 0 radical (unpaired) electrons. The monoisotopic (exact) mass is 188 g/mol. The Balaban J connectivity index is 3.27. The Morgan fingerprint density at radius 1 is 1.07 bits per heavy atom. The van der Waals surface area contributed by atoms with Crippen molar-refractivity contribution in [2.24, 2.45) is 0 Å². The third-order valence-electron chi connectivity index (χ3n) is 1.94. The van der Waals surface area contributed by atoms with Crippen LogP contribution in [-0.2, 0) is 0 Å². The summed E-state index contributed by atoms with van der Waals surface area (Å²) in [7, 11) is 0. The first-order valence-corrected chi connectivity index (χ1v) is 4.34. The van der Waals surface area contributed by atoms with Crippen molar-refractivity contribution in [3.63, 3.8) is 0 Å². The van der Waals surface area contributed by atoms with Gasteiger partial charge < -0.3 is 0 Å². The lowest BCUT2D eigenvalue weighted by Gasteiger charge is -2.04. The smallest absolute Gasteiger partial charge is 0.188 e. The summed E-state index contributed by atoms with van der Waals surface area (Å²) in [6.45, 7) is 6.66. The van der Waals surface area contributed by atoms with Crippen LogP contribution in [0.3, 0.4) is 0 Å². The maximum atomic E-state index is 11.6. The highest BCUT2D eigenvalue weighted by molar-refractivity contribution is 6.14. The van der Waals surface area contributed by atoms with Gasteiger partial charge in [0.05, 0.1) is 0 Å². The molecule has 0 saturated carbocycles. The van der Waals surface area contributed by atoms with Gasteiger partial charge in [-0.15, -0.1) is 0 Å². The highest BCUT2D eigenvalue weighted by atomic mass is 16.1. The predicted molar refractivity (Wildman–Crippen MR) is 55.6 cm³/mol. The SMILES string of the molecule is C=C(C)C(=O)c1ccccc1C(C)=O. The first-order chi connectivity index (χ1) is 6.54. The molecule has 0 aliphatic carbocycles. The number of hydrogen-bond acceptors (Lipinski definition) is 2. The summed E-state index contributed by atoms with van der Waals surface area (Å²) in [6.07, 6.45) is 0. The van der Waals surface area contributed by atoms with Crippen LogP contribution < -0.4 is 0 Å². The van der Waals surface area contributed by atoms with Gasteiger partial charge in [0.15, 0.2) is 11.6 Å². The Morgan fingerprint density at radius 3 is 2.00 bits per heavy atom. The topological polar surface area (TPSA) is 34.1 Å². The molecule has 0 aliphatic heterocycles. The van der Waals surface area contributed by atoms with Crippen LogP contribution >= 0.6 is 0 Å². The summed E-state index contributed by atoms with van der Waals surface area (Å²) in [5, 5.41) is 0. The van der Waals surface area contributed by atoms with Gasteiger partial charge in [-0.05, 0) is 19.4 Å².